The van der Waals surface area contributed by atoms with Crippen molar-refractivity contribution in [2.24, 2.45) is 11.1 Å². The minimum absolute atomic E-state index is 0.0430. The topological polar surface area (TPSA) is 81.5 Å². The summed E-state index contributed by atoms with van der Waals surface area (Å²) in [6.45, 7) is 3.82. The van der Waals surface area contributed by atoms with Gasteiger partial charge in [0.25, 0.3) is 5.69 Å². The van der Waals surface area contributed by atoms with Crippen LogP contribution < -0.4 is 4.85 Å². The van der Waals surface area contributed by atoms with Crippen molar-refractivity contribution in [3.8, 4) is 11.3 Å². The molecule has 0 fully saturated rings. The minimum atomic E-state index is -0.0430. The third-order valence-electron chi connectivity index (χ3n) is 2.91. The zero-order valence-electron chi connectivity index (χ0n) is 11.1. The van der Waals surface area contributed by atoms with Gasteiger partial charge in [-0.15, -0.1) is 4.91 Å². The molecular formula is C13H14ClN3O3. The normalized spacial score (nSPS) is 11.0. The van der Waals surface area contributed by atoms with Gasteiger partial charge >= 0.3 is 0 Å². The first kappa shape index (κ1) is 14.3. The Hall–Kier alpha value is -2.08. The second kappa shape index (κ2) is 5.50. The zero-order valence-corrected chi connectivity index (χ0v) is 11.8. The molecule has 1 aromatic heterocycles. The molecule has 1 aromatic carbocycles. The summed E-state index contributed by atoms with van der Waals surface area (Å²) >= 11 is 5.80. The lowest BCUT2D eigenvalue weighted by atomic mass is 10.0. The molecule has 6 nitrogen and oxygen atoms in total. The fourth-order valence-electron chi connectivity index (χ4n) is 2.04. The van der Waals surface area contributed by atoms with E-state index in [-0.39, 0.29) is 23.0 Å². The maximum Gasteiger partial charge on any atom is 0.254 e. The summed E-state index contributed by atoms with van der Waals surface area (Å²) in [6, 6.07) is 6.43. The van der Waals surface area contributed by atoms with Crippen molar-refractivity contribution in [1.82, 2.24) is 4.85 Å². The van der Waals surface area contributed by atoms with Crippen LogP contribution in [0.15, 0.2) is 29.4 Å². The van der Waals surface area contributed by atoms with E-state index in [2.05, 4.69) is 5.18 Å². The van der Waals surface area contributed by atoms with Crippen LogP contribution in [0, 0.1) is 16.0 Å². The van der Waals surface area contributed by atoms with Gasteiger partial charge in [-0.05, 0) is 28.1 Å². The van der Waals surface area contributed by atoms with E-state index in [1.54, 1.807) is 24.3 Å². The van der Waals surface area contributed by atoms with Gasteiger partial charge in [0.1, 0.15) is 0 Å². The number of nitrogens with zero attached hydrogens (tertiary/aromatic N) is 3. The second-order valence-electron chi connectivity index (χ2n) is 4.90. The Labute approximate surface area is 120 Å². The van der Waals surface area contributed by atoms with Crippen molar-refractivity contribution in [3.63, 3.8) is 0 Å². The second-order valence-corrected chi connectivity index (χ2v) is 5.34. The molecule has 0 unspecified atom stereocenters. The van der Waals surface area contributed by atoms with Crippen LogP contribution in [0.5, 0.6) is 0 Å². The first-order valence-corrected chi connectivity index (χ1v) is 6.49. The fraction of sp³-hybridized carbons (Fsp3) is 0.308. The molecule has 2 rings (SSSR count). The first-order chi connectivity index (χ1) is 9.45. The fourth-order valence-corrected chi connectivity index (χ4v) is 2.17. The van der Waals surface area contributed by atoms with Crippen molar-refractivity contribution in [1.29, 1.82) is 0 Å². The molecule has 20 heavy (non-hydrogen) atoms. The third kappa shape index (κ3) is 2.46. The van der Waals surface area contributed by atoms with Crippen molar-refractivity contribution in [2.45, 2.75) is 20.3 Å². The van der Waals surface area contributed by atoms with E-state index in [1.807, 2.05) is 13.8 Å². The van der Waals surface area contributed by atoms with Gasteiger partial charge in [-0.2, -0.15) is 0 Å². The van der Waals surface area contributed by atoms with Gasteiger partial charge in [-0.25, -0.2) is 0 Å². The summed E-state index contributed by atoms with van der Waals surface area (Å²) in [5.41, 5.74) is 0.675. The molecule has 0 spiro atoms. The Kier molecular flexibility index (Phi) is 3.94. The molecule has 0 amide bonds. The summed E-state index contributed by atoms with van der Waals surface area (Å²) in [5.74, 6) is 0.149. The van der Waals surface area contributed by atoms with Crippen molar-refractivity contribution >= 4 is 17.3 Å². The van der Waals surface area contributed by atoms with Gasteiger partial charge in [0.05, 0.1) is 0 Å². The molecule has 0 saturated heterocycles. The predicted octanol–water partition coefficient (Wildman–Crippen LogP) is 3.28. The molecule has 0 aliphatic rings. The van der Waals surface area contributed by atoms with E-state index in [0.717, 1.165) is 0 Å². The van der Waals surface area contributed by atoms with Gasteiger partial charge in [0.2, 0.25) is 5.69 Å². The van der Waals surface area contributed by atoms with Crippen molar-refractivity contribution in [2.75, 3.05) is 0 Å². The SMILES string of the molecule is CC(C)Cc1c(N=O)c(-c2ccc(Cl)cc2)n(O)[n+]1[O-]. The number of nitroso groups, excluding NO2 is 1. The van der Waals surface area contributed by atoms with Gasteiger partial charge < -0.3 is 10.4 Å². The highest BCUT2D eigenvalue weighted by Crippen LogP contribution is 2.33. The lowest BCUT2D eigenvalue weighted by molar-refractivity contribution is -0.730. The van der Waals surface area contributed by atoms with Crippen molar-refractivity contribution in [3.05, 3.63) is 45.1 Å². The zero-order chi connectivity index (χ0) is 14.9. The summed E-state index contributed by atoms with van der Waals surface area (Å²) < 4.78 is 0. The minimum Gasteiger partial charge on any atom is -0.593 e. The Morgan fingerprint density at radius 2 is 2.00 bits per heavy atom. The summed E-state index contributed by atoms with van der Waals surface area (Å²) in [7, 11) is 0. The summed E-state index contributed by atoms with van der Waals surface area (Å²) in [4.78, 5) is 11.8. The maximum atomic E-state index is 11.9. The Morgan fingerprint density at radius 3 is 2.50 bits per heavy atom. The van der Waals surface area contributed by atoms with Gasteiger partial charge in [-0.3, -0.25) is 0 Å². The molecule has 0 aliphatic heterocycles. The number of aromatic nitrogens is 2. The van der Waals surface area contributed by atoms with E-state index in [1.165, 1.54) is 0 Å². The molecule has 2 aromatic rings. The Balaban J connectivity index is 2.63. The van der Waals surface area contributed by atoms with E-state index in [0.29, 0.717) is 26.7 Å². The van der Waals surface area contributed by atoms with E-state index >= 15 is 0 Å². The van der Waals surface area contributed by atoms with Gasteiger partial charge in [0, 0.05) is 21.9 Å². The van der Waals surface area contributed by atoms with E-state index < -0.39 is 0 Å². The lowest BCUT2D eigenvalue weighted by Crippen LogP contribution is -2.40. The molecular weight excluding hydrogens is 282 g/mol. The summed E-state index contributed by atoms with van der Waals surface area (Å²) in [6.07, 6.45) is 0.346. The molecule has 7 heteroatoms. The smallest absolute Gasteiger partial charge is 0.254 e. The monoisotopic (exact) mass is 295 g/mol. The highest BCUT2D eigenvalue weighted by Gasteiger charge is 2.30. The largest absolute Gasteiger partial charge is 0.593 e. The van der Waals surface area contributed by atoms with Crippen LogP contribution in [0.25, 0.3) is 11.3 Å². The number of hydrogen-bond donors (Lipinski definition) is 1. The molecule has 0 atom stereocenters. The van der Waals surface area contributed by atoms with Crippen LogP contribution in [-0.4, -0.2) is 10.1 Å². The molecule has 0 saturated carbocycles. The quantitative estimate of drug-likeness (QED) is 0.407. The van der Waals surface area contributed by atoms with Crippen LogP contribution in [-0.2, 0) is 6.42 Å². The third-order valence-corrected chi connectivity index (χ3v) is 3.16. The van der Waals surface area contributed by atoms with Crippen LogP contribution in [0.3, 0.4) is 0 Å². The van der Waals surface area contributed by atoms with Gasteiger partial charge in [0.15, 0.2) is 5.69 Å². The average molecular weight is 296 g/mol. The molecule has 106 valence electrons. The van der Waals surface area contributed by atoms with E-state index in [9.17, 15) is 15.3 Å². The molecule has 0 radical (unpaired) electrons. The highest BCUT2D eigenvalue weighted by atomic mass is 35.5. The number of hydrogen-bond acceptors (Lipinski definition) is 4. The van der Waals surface area contributed by atoms with Crippen LogP contribution in [0.4, 0.5) is 5.69 Å². The number of halogens is 1. The highest BCUT2D eigenvalue weighted by molar-refractivity contribution is 6.30. The van der Waals surface area contributed by atoms with Crippen LogP contribution in [0.2, 0.25) is 5.02 Å². The molecule has 1 heterocycles. The van der Waals surface area contributed by atoms with Gasteiger partial charge in [-0.1, -0.05) is 37.6 Å². The van der Waals surface area contributed by atoms with Crippen molar-refractivity contribution < 1.29 is 10.1 Å². The number of benzene rings is 1. The molecule has 0 aliphatic carbocycles. The predicted molar refractivity (Wildman–Crippen MR) is 75.0 cm³/mol. The average Bonchev–Trinajstić information content (AvgIpc) is 2.64. The standard InChI is InChI=1S/C13H14ClN3O3/c1-8(2)7-11-12(15-18)13(17(20)16(11)19)9-3-5-10(14)6-4-9/h3-6,8,20H,7H2,1-2H3. The summed E-state index contributed by atoms with van der Waals surface area (Å²) in [5, 5.41) is 25.3. The maximum absolute atomic E-state index is 11.9. The lowest BCUT2D eigenvalue weighted by Gasteiger charge is -2.01. The Bertz CT molecular complexity index is 635. The number of rotatable bonds is 4. The molecule has 0 bridgehead atoms. The Morgan fingerprint density at radius 1 is 1.40 bits per heavy atom. The van der Waals surface area contributed by atoms with Crippen LogP contribution >= 0.6 is 11.6 Å². The van der Waals surface area contributed by atoms with E-state index in [4.69, 9.17) is 11.6 Å². The van der Waals surface area contributed by atoms with Crippen LogP contribution in [0.1, 0.15) is 19.5 Å². The molecule has 1 N–H and O–H groups in total. The first-order valence-electron chi connectivity index (χ1n) is 6.11.